The predicted molar refractivity (Wildman–Crippen MR) is 59.6 cm³/mol. The van der Waals surface area contributed by atoms with Gasteiger partial charge in [-0.2, -0.15) is 0 Å². The molecule has 1 rings (SSSR count). The van der Waals surface area contributed by atoms with Gasteiger partial charge in [-0.1, -0.05) is 15.9 Å². The van der Waals surface area contributed by atoms with Crippen LogP contribution in [0, 0.1) is 3.57 Å². The van der Waals surface area contributed by atoms with E-state index in [1.54, 1.807) is 0 Å². The maximum atomic E-state index is 5.46. The number of rotatable bonds is 2. The number of halogens is 2. The van der Waals surface area contributed by atoms with E-state index in [-0.39, 0.29) is 0 Å². The fourth-order valence-electron chi connectivity index (χ4n) is 0.890. The third kappa shape index (κ3) is 2.72. The molecule has 0 aliphatic carbocycles. The molecule has 0 amide bonds. The second-order valence-corrected chi connectivity index (χ2v) is 4.35. The zero-order chi connectivity index (χ0) is 8.27. The van der Waals surface area contributed by atoms with Crippen LogP contribution in [0.1, 0.15) is 5.56 Å². The SMILES string of the molecule is NCCc1cc(Br)ccc1I. The van der Waals surface area contributed by atoms with Crippen molar-refractivity contribution in [3.63, 3.8) is 0 Å². The van der Waals surface area contributed by atoms with Gasteiger partial charge in [0.05, 0.1) is 0 Å². The number of hydrogen-bond acceptors (Lipinski definition) is 1. The summed E-state index contributed by atoms with van der Waals surface area (Å²) in [5.74, 6) is 0. The molecule has 0 bridgehead atoms. The Bertz CT molecular complexity index is 250. The summed E-state index contributed by atoms with van der Waals surface area (Å²) < 4.78 is 2.41. The molecule has 1 aromatic rings. The summed E-state index contributed by atoms with van der Waals surface area (Å²) in [5.41, 5.74) is 6.78. The van der Waals surface area contributed by atoms with Gasteiger partial charge in [0.15, 0.2) is 0 Å². The van der Waals surface area contributed by atoms with E-state index in [9.17, 15) is 0 Å². The maximum Gasteiger partial charge on any atom is 0.0178 e. The third-order valence-corrected chi connectivity index (χ3v) is 2.97. The first-order valence-electron chi connectivity index (χ1n) is 3.38. The molecule has 0 saturated carbocycles. The summed E-state index contributed by atoms with van der Waals surface area (Å²) in [4.78, 5) is 0. The van der Waals surface area contributed by atoms with Gasteiger partial charge in [0.2, 0.25) is 0 Å². The molecular formula is C8H9BrIN. The summed E-state index contributed by atoms with van der Waals surface area (Å²) >= 11 is 5.75. The lowest BCUT2D eigenvalue weighted by Gasteiger charge is -2.02. The molecule has 1 nitrogen and oxygen atoms in total. The molecule has 1 aromatic carbocycles. The first-order chi connectivity index (χ1) is 5.24. The van der Waals surface area contributed by atoms with Gasteiger partial charge in [0, 0.05) is 8.04 Å². The van der Waals surface area contributed by atoms with Crippen LogP contribution in [0.5, 0.6) is 0 Å². The van der Waals surface area contributed by atoms with Crippen molar-refractivity contribution in [3.05, 3.63) is 31.8 Å². The molecule has 0 radical (unpaired) electrons. The van der Waals surface area contributed by atoms with Crippen molar-refractivity contribution in [1.29, 1.82) is 0 Å². The van der Waals surface area contributed by atoms with Crippen LogP contribution >= 0.6 is 38.5 Å². The topological polar surface area (TPSA) is 26.0 Å². The third-order valence-electron chi connectivity index (χ3n) is 1.42. The van der Waals surface area contributed by atoms with Crippen LogP contribution in [-0.2, 0) is 6.42 Å². The minimum Gasteiger partial charge on any atom is -0.330 e. The Kier molecular flexibility index (Phi) is 3.81. The van der Waals surface area contributed by atoms with Gasteiger partial charge in [0.25, 0.3) is 0 Å². The van der Waals surface area contributed by atoms with Crippen molar-refractivity contribution >= 4 is 38.5 Å². The first-order valence-corrected chi connectivity index (χ1v) is 5.25. The molecular weight excluding hydrogens is 317 g/mol. The molecule has 0 aliphatic rings. The van der Waals surface area contributed by atoms with E-state index < -0.39 is 0 Å². The maximum absolute atomic E-state index is 5.46. The van der Waals surface area contributed by atoms with Crippen molar-refractivity contribution in [2.75, 3.05) is 6.54 Å². The van der Waals surface area contributed by atoms with Crippen LogP contribution in [0.25, 0.3) is 0 Å². The summed E-state index contributed by atoms with van der Waals surface area (Å²) in [7, 11) is 0. The number of hydrogen-bond donors (Lipinski definition) is 1. The van der Waals surface area contributed by atoms with Gasteiger partial charge in [0.1, 0.15) is 0 Å². The average Bonchev–Trinajstić information content (AvgIpc) is 1.98. The highest BCUT2D eigenvalue weighted by molar-refractivity contribution is 14.1. The zero-order valence-corrected chi connectivity index (χ0v) is 9.72. The molecule has 0 saturated heterocycles. The molecule has 0 aliphatic heterocycles. The molecule has 0 spiro atoms. The van der Waals surface area contributed by atoms with Gasteiger partial charge >= 0.3 is 0 Å². The Balaban J connectivity index is 2.93. The van der Waals surface area contributed by atoms with Crippen molar-refractivity contribution in [2.24, 2.45) is 5.73 Å². The Morgan fingerprint density at radius 2 is 2.18 bits per heavy atom. The normalized spacial score (nSPS) is 10.1. The summed E-state index contributed by atoms with van der Waals surface area (Å²) in [5, 5.41) is 0. The van der Waals surface area contributed by atoms with Crippen molar-refractivity contribution < 1.29 is 0 Å². The van der Waals surface area contributed by atoms with Crippen LogP contribution in [-0.4, -0.2) is 6.54 Å². The lowest BCUT2D eigenvalue weighted by atomic mass is 10.2. The highest BCUT2D eigenvalue weighted by atomic mass is 127. The molecule has 60 valence electrons. The monoisotopic (exact) mass is 325 g/mol. The van der Waals surface area contributed by atoms with Gasteiger partial charge in [-0.15, -0.1) is 0 Å². The van der Waals surface area contributed by atoms with Crippen LogP contribution in [0.3, 0.4) is 0 Å². The lowest BCUT2D eigenvalue weighted by Crippen LogP contribution is -2.03. The predicted octanol–water partition coefficient (Wildman–Crippen LogP) is 2.55. The molecule has 0 fully saturated rings. The lowest BCUT2D eigenvalue weighted by molar-refractivity contribution is 0.962. The van der Waals surface area contributed by atoms with E-state index in [1.165, 1.54) is 9.13 Å². The Morgan fingerprint density at radius 3 is 2.82 bits per heavy atom. The van der Waals surface area contributed by atoms with E-state index >= 15 is 0 Å². The first kappa shape index (κ1) is 9.48. The molecule has 3 heteroatoms. The van der Waals surface area contributed by atoms with Gasteiger partial charge < -0.3 is 5.73 Å². The largest absolute Gasteiger partial charge is 0.330 e. The van der Waals surface area contributed by atoms with Crippen molar-refractivity contribution in [1.82, 2.24) is 0 Å². The molecule has 0 heterocycles. The van der Waals surface area contributed by atoms with E-state index in [0.29, 0.717) is 6.54 Å². The zero-order valence-electron chi connectivity index (χ0n) is 5.98. The fourth-order valence-corrected chi connectivity index (χ4v) is 1.90. The highest BCUT2D eigenvalue weighted by Crippen LogP contribution is 2.18. The minimum atomic E-state index is 0.715. The van der Waals surface area contributed by atoms with E-state index in [2.05, 4.69) is 50.7 Å². The summed E-state index contributed by atoms with van der Waals surface area (Å²) in [6, 6.07) is 6.26. The second kappa shape index (κ2) is 4.42. The van der Waals surface area contributed by atoms with Crippen LogP contribution in [0.4, 0.5) is 0 Å². The average molecular weight is 326 g/mol. The van der Waals surface area contributed by atoms with E-state index in [1.807, 2.05) is 6.07 Å². The number of benzene rings is 1. The molecule has 0 aromatic heterocycles. The quantitative estimate of drug-likeness (QED) is 0.831. The summed E-state index contributed by atoms with van der Waals surface area (Å²) in [6.45, 7) is 0.715. The van der Waals surface area contributed by atoms with Crippen molar-refractivity contribution in [3.8, 4) is 0 Å². The molecule has 0 unspecified atom stereocenters. The van der Waals surface area contributed by atoms with E-state index in [0.717, 1.165) is 10.9 Å². The number of nitrogens with two attached hydrogens (primary N) is 1. The Labute approximate surface area is 88.6 Å². The van der Waals surface area contributed by atoms with Gasteiger partial charge in [-0.25, -0.2) is 0 Å². The smallest absolute Gasteiger partial charge is 0.0178 e. The van der Waals surface area contributed by atoms with Crippen LogP contribution < -0.4 is 5.73 Å². The molecule has 0 atom stereocenters. The Hall–Kier alpha value is 0.390. The van der Waals surface area contributed by atoms with E-state index in [4.69, 9.17) is 5.73 Å². The van der Waals surface area contributed by atoms with Gasteiger partial charge in [-0.05, 0) is 59.3 Å². The standard InChI is InChI=1S/C8H9BrIN/c9-7-1-2-8(10)6(5-7)3-4-11/h1-2,5H,3-4,11H2. The van der Waals surface area contributed by atoms with Crippen LogP contribution in [0.15, 0.2) is 22.7 Å². The van der Waals surface area contributed by atoms with Crippen molar-refractivity contribution in [2.45, 2.75) is 6.42 Å². The molecule has 11 heavy (non-hydrogen) atoms. The molecule has 2 N–H and O–H groups in total. The Morgan fingerprint density at radius 1 is 1.45 bits per heavy atom. The fraction of sp³-hybridized carbons (Fsp3) is 0.250. The second-order valence-electron chi connectivity index (χ2n) is 2.27. The van der Waals surface area contributed by atoms with Gasteiger partial charge in [-0.3, -0.25) is 0 Å². The summed E-state index contributed by atoms with van der Waals surface area (Å²) in [6.07, 6.45) is 0.956. The minimum absolute atomic E-state index is 0.715. The highest BCUT2D eigenvalue weighted by Gasteiger charge is 1.98. The van der Waals surface area contributed by atoms with Crippen LogP contribution in [0.2, 0.25) is 0 Å².